The molecule has 180 valence electrons. The fourth-order valence-electron chi connectivity index (χ4n) is 3.75. The number of amides is 1. The molecule has 0 saturated carbocycles. The van der Waals surface area contributed by atoms with Crippen LogP contribution in [-0.2, 0) is 4.79 Å². The zero-order valence-corrected chi connectivity index (χ0v) is 20.8. The normalized spacial score (nSPS) is 14.7. The van der Waals surface area contributed by atoms with E-state index in [1.54, 1.807) is 21.7 Å². The van der Waals surface area contributed by atoms with Crippen molar-refractivity contribution in [1.29, 1.82) is 0 Å². The predicted octanol–water partition coefficient (Wildman–Crippen LogP) is 5.25. The van der Waals surface area contributed by atoms with E-state index in [2.05, 4.69) is 25.4 Å². The van der Waals surface area contributed by atoms with Gasteiger partial charge in [0, 0.05) is 35.2 Å². The zero-order valence-electron chi connectivity index (χ0n) is 20.0. The third-order valence-corrected chi connectivity index (χ3v) is 6.40. The maximum absolute atomic E-state index is 13.5. The molecule has 0 N–H and O–H groups in total. The summed E-state index contributed by atoms with van der Waals surface area (Å²) in [7, 11) is 0. The lowest BCUT2D eigenvalue weighted by atomic mass is 10.1. The van der Waals surface area contributed by atoms with Crippen molar-refractivity contribution >= 4 is 34.3 Å². The number of non-ortho nitro benzene ring substituents is 1. The Morgan fingerprint density at radius 1 is 1.20 bits per heavy atom. The molecule has 0 radical (unpaired) electrons. The SMILES string of the molecule is C=C(C)CN=c1scc(-c2cccc([N+](=O)[O-])c2)n1N=C1C(=O)N(CCC(C)C)c2ccccc21. The molecule has 1 aromatic heterocycles. The summed E-state index contributed by atoms with van der Waals surface area (Å²) >= 11 is 1.36. The maximum Gasteiger partial charge on any atom is 0.279 e. The van der Waals surface area contributed by atoms with Crippen molar-refractivity contribution < 1.29 is 9.72 Å². The lowest BCUT2D eigenvalue weighted by Crippen LogP contribution is -2.32. The Morgan fingerprint density at radius 3 is 2.69 bits per heavy atom. The number of carbonyl (C=O) groups excluding carboxylic acids is 1. The van der Waals surface area contributed by atoms with Crippen LogP contribution in [-0.4, -0.2) is 34.3 Å². The molecule has 0 aliphatic carbocycles. The highest BCUT2D eigenvalue weighted by atomic mass is 32.1. The quantitative estimate of drug-likeness (QED) is 0.246. The third kappa shape index (κ3) is 5.14. The lowest BCUT2D eigenvalue weighted by molar-refractivity contribution is -0.384. The molecule has 1 aliphatic heterocycles. The molecular weight excluding hydrogens is 462 g/mol. The standard InChI is InChI=1S/C26H27N5O3S/c1-17(2)12-13-29-22-11-6-5-10-21(22)24(25(29)32)28-30-23(16-35-26(30)27-15-18(3)4)19-8-7-9-20(14-19)31(33)34/h5-11,14,16-17H,3,12-13,15H2,1-2,4H3. The van der Waals surface area contributed by atoms with E-state index in [1.165, 1.54) is 23.5 Å². The van der Waals surface area contributed by atoms with Gasteiger partial charge in [0.05, 0.1) is 22.8 Å². The predicted molar refractivity (Wildman–Crippen MR) is 140 cm³/mol. The van der Waals surface area contributed by atoms with E-state index in [1.807, 2.05) is 36.6 Å². The number of nitro groups is 1. The van der Waals surface area contributed by atoms with Crippen molar-refractivity contribution in [3.8, 4) is 11.3 Å². The van der Waals surface area contributed by atoms with Crippen LogP contribution in [0.2, 0.25) is 0 Å². The summed E-state index contributed by atoms with van der Waals surface area (Å²) in [5.74, 6) is 0.289. The van der Waals surface area contributed by atoms with Crippen molar-refractivity contribution in [2.45, 2.75) is 27.2 Å². The molecule has 3 aromatic rings. The average Bonchev–Trinajstić information content (AvgIpc) is 3.35. The van der Waals surface area contributed by atoms with E-state index in [9.17, 15) is 14.9 Å². The molecule has 1 amide bonds. The van der Waals surface area contributed by atoms with E-state index in [-0.39, 0.29) is 11.6 Å². The topological polar surface area (TPSA) is 93.1 Å². The number of thiazole rings is 1. The monoisotopic (exact) mass is 489 g/mol. The van der Waals surface area contributed by atoms with E-state index >= 15 is 0 Å². The van der Waals surface area contributed by atoms with Crippen molar-refractivity contribution in [3.63, 3.8) is 0 Å². The van der Waals surface area contributed by atoms with Crippen molar-refractivity contribution in [3.05, 3.63) is 86.5 Å². The van der Waals surface area contributed by atoms with E-state index in [0.29, 0.717) is 40.8 Å². The largest absolute Gasteiger partial charge is 0.306 e. The summed E-state index contributed by atoms with van der Waals surface area (Å²) in [5, 5.41) is 18.0. The molecule has 9 heteroatoms. The van der Waals surface area contributed by atoms with E-state index in [4.69, 9.17) is 5.10 Å². The molecule has 8 nitrogen and oxygen atoms in total. The molecule has 2 aromatic carbocycles. The van der Waals surface area contributed by atoms with Gasteiger partial charge >= 0.3 is 0 Å². The number of hydrogen-bond acceptors (Lipinski definition) is 6. The zero-order chi connectivity index (χ0) is 25.1. The van der Waals surface area contributed by atoms with Gasteiger partial charge in [-0.25, -0.2) is 4.68 Å². The minimum absolute atomic E-state index is 0.0181. The molecule has 0 atom stereocenters. The second-order valence-corrected chi connectivity index (χ2v) is 9.74. The number of carbonyl (C=O) groups is 1. The first-order valence-electron chi connectivity index (χ1n) is 11.4. The second kappa shape index (κ2) is 10.2. The smallest absolute Gasteiger partial charge is 0.279 e. The van der Waals surface area contributed by atoms with Gasteiger partial charge in [-0.2, -0.15) is 5.10 Å². The van der Waals surface area contributed by atoms with Crippen LogP contribution < -0.4 is 9.70 Å². The Balaban J connectivity index is 1.88. The van der Waals surface area contributed by atoms with Crippen LogP contribution in [0.1, 0.15) is 32.8 Å². The number of hydrogen-bond donors (Lipinski definition) is 0. The Labute approximate surface area is 207 Å². The van der Waals surface area contributed by atoms with Crippen molar-refractivity contribution in [2.24, 2.45) is 16.0 Å². The number of nitrogens with zero attached hydrogens (tertiary/aromatic N) is 5. The number of benzene rings is 2. The molecular formula is C26H27N5O3S. The molecule has 1 aliphatic rings. The molecule has 4 rings (SSSR count). The van der Waals surface area contributed by atoms with Crippen LogP contribution >= 0.6 is 11.3 Å². The summed E-state index contributed by atoms with van der Waals surface area (Å²) in [4.78, 5) is 31.4. The second-order valence-electron chi connectivity index (χ2n) is 8.90. The molecule has 0 fully saturated rings. The minimum atomic E-state index is -0.429. The van der Waals surface area contributed by atoms with Gasteiger partial charge in [0.15, 0.2) is 5.71 Å². The van der Waals surface area contributed by atoms with Gasteiger partial charge in [-0.3, -0.25) is 19.9 Å². The highest BCUT2D eigenvalue weighted by molar-refractivity contribution is 7.07. The van der Waals surface area contributed by atoms with Crippen molar-refractivity contribution in [1.82, 2.24) is 4.68 Å². The summed E-state index contributed by atoms with van der Waals surface area (Å²) < 4.78 is 1.61. The van der Waals surface area contributed by atoms with Crippen LogP contribution in [0.25, 0.3) is 11.3 Å². The fourth-order valence-corrected chi connectivity index (χ4v) is 4.58. The maximum atomic E-state index is 13.5. The van der Waals surface area contributed by atoms with Gasteiger partial charge in [0.1, 0.15) is 0 Å². The number of fused-ring (bicyclic) bond motifs is 1. The van der Waals surface area contributed by atoms with Crippen molar-refractivity contribution in [2.75, 3.05) is 18.0 Å². The van der Waals surface area contributed by atoms with Gasteiger partial charge in [0.25, 0.3) is 11.6 Å². The Bertz CT molecular complexity index is 1400. The van der Waals surface area contributed by atoms with Gasteiger partial charge < -0.3 is 4.90 Å². The molecule has 0 saturated heterocycles. The van der Waals surface area contributed by atoms with E-state index < -0.39 is 4.92 Å². The first-order chi connectivity index (χ1) is 16.8. The Hall–Kier alpha value is -3.85. The van der Waals surface area contributed by atoms with Crippen LogP contribution in [0.4, 0.5) is 11.4 Å². The Morgan fingerprint density at radius 2 is 1.97 bits per heavy atom. The third-order valence-electron chi connectivity index (χ3n) is 5.55. The van der Waals surface area contributed by atoms with Gasteiger partial charge in [-0.15, -0.1) is 11.3 Å². The Kier molecular flexibility index (Phi) is 7.07. The van der Waals surface area contributed by atoms with Crippen LogP contribution in [0.15, 0.2) is 76.2 Å². The van der Waals surface area contributed by atoms with Crippen LogP contribution in [0, 0.1) is 16.0 Å². The molecule has 0 bridgehead atoms. The van der Waals surface area contributed by atoms with Gasteiger partial charge in [-0.1, -0.05) is 56.3 Å². The lowest BCUT2D eigenvalue weighted by Gasteiger charge is -2.17. The molecule has 0 unspecified atom stereocenters. The van der Waals surface area contributed by atoms with Gasteiger partial charge in [0.2, 0.25) is 4.80 Å². The summed E-state index contributed by atoms with van der Waals surface area (Å²) in [6.45, 7) is 11.1. The first-order valence-corrected chi connectivity index (χ1v) is 12.2. The van der Waals surface area contributed by atoms with Crippen LogP contribution in [0.5, 0.6) is 0 Å². The average molecular weight is 490 g/mol. The summed E-state index contributed by atoms with van der Waals surface area (Å²) in [6, 6.07) is 14.0. The highest BCUT2D eigenvalue weighted by Crippen LogP contribution is 2.31. The molecule has 0 spiro atoms. The van der Waals surface area contributed by atoms with E-state index in [0.717, 1.165) is 23.2 Å². The summed E-state index contributed by atoms with van der Waals surface area (Å²) in [6.07, 6.45) is 0.872. The fraction of sp³-hybridized carbons (Fsp3) is 0.269. The van der Waals surface area contributed by atoms with Crippen LogP contribution in [0.3, 0.4) is 0 Å². The number of anilines is 1. The number of para-hydroxylation sites is 1. The van der Waals surface area contributed by atoms with Gasteiger partial charge in [-0.05, 0) is 25.3 Å². The number of aromatic nitrogens is 1. The molecule has 2 heterocycles. The number of rotatable bonds is 8. The minimum Gasteiger partial charge on any atom is -0.306 e. The summed E-state index contributed by atoms with van der Waals surface area (Å²) in [5.41, 5.74) is 4.03. The first kappa shape index (κ1) is 24.3. The molecule has 35 heavy (non-hydrogen) atoms. The highest BCUT2D eigenvalue weighted by Gasteiger charge is 2.34. The number of nitro benzene ring substituents is 1.